The minimum Gasteiger partial charge on any atom is -0.361 e. The van der Waals surface area contributed by atoms with Crippen LogP contribution in [0.4, 0.5) is 16.2 Å². The van der Waals surface area contributed by atoms with Gasteiger partial charge in [0, 0.05) is 22.8 Å². The van der Waals surface area contributed by atoms with Gasteiger partial charge in [0.2, 0.25) is 0 Å². The average molecular weight is 301 g/mol. The standard InChI is InChI=1S/C19H15N3O/c23-19(22-18-7-3-6-17-16(18)10-11-20-17)21-15-9-8-13-4-1-2-5-14(13)12-15/h1-12,20H,(H2,21,22,23). The van der Waals surface area contributed by atoms with E-state index >= 15 is 0 Å². The van der Waals surface area contributed by atoms with Gasteiger partial charge in [-0.1, -0.05) is 36.4 Å². The zero-order chi connectivity index (χ0) is 15.6. The number of carbonyl (C=O) groups excluding carboxylic acids is 1. The second kappa shape index (κ2) is 5.50. The van der Waals surface area contributed by atoms with Crippen LogP contribution in [0.1, 0.15) is 0 Å². The van der Waals surface area contributed by atoms with Gasteiger partial charge in [-0.3, -0.25) is 0 Å². The number of H-pyrrole nitrogens is 1. The lowest BCUT2D eigenvalue weighted by molar-refractivity contribution is 0.262. The summed E-state index contributed by atoms with van der Waals surface area (Å²) in [7, 11) is 0. The minimum absolute atomic E-state index is 0.256. The number of hydrogen-bond acceptors (Lipinski definition) is 1. The molecule has 112 valence electrons. The minimum atomic E-state index is -0.256. The summed E-state index contributed by atoms with van der Waals surface area (Å²) >= 11 is 0. The Morgan fingerprint density at radius 1 is 0.826 bits per heavy atom. The lowest BCUT2D eigenvalue weighted by atomic mass is 10.1. The van der Waals surface area contributed by atoms with Crippen LogP contribution in [-0.2, 0) is 0 Å². The van der Waals surface area contributed by atoms with Gasteiger partial charge in [-0.2, -0.15) is 0 Å². The number of aromatic nitrogens is 1. The third-order valence-corrected chi connectivity index (χ3v) is 3.85. The molecule has 1 heterocycles. The van der Waals surface area contributed by atoms with Crippen molar-refractivity contribution in [1.29, 1.82) is 0 Å². The van der Waals surface area contributed by atoms with E-state index in [9.17, 15) is 4.79 Å². The van der Waals surface area contributed by atoms with Crippen molar-refractivity contribution in [1.82, 2.24) is 4.98 Å². The third-order valence-electron chi connectivity index (χ3n) is 3.85. The fourth-order valence-electron chi connectivity index (χ4n) is 2.75. The fourth-order valence-corrected chi connectivity index (χ4v) is 2.75. The first-order valence-corrected chi connectivity index (χ1v) is 7.42. The van der Waals surface area contributed by atoms with Crippen LogP contribution in [0.5, 0.6) is 0 Å². The van der Waals surface area contributed by atoms with Gasteiger partial charge in [0.15, 0.2) is 0 Å². The Balaban J connectivity index is 1.56. The van der Waals surface area contributed by atoms with E-state index in [2.05, 4.69) is 15.6 Å². The van der Waals surface area contributed by atoms with Gasteiger partial charge in [-0.05, 0) is 41.1 Å². The number of amides is 2. The first-order valence-electron chi connectivity index (χ1n) is 7.42. The molecule has 2 amide bonds. The van der Waals surface area contributed by atoms with Crippen molar-refractivity contribution in [3.63, 3.8) is 0 Å². The summed E-state index contributed by atoms with van der Waals surface area (Å²) in [5.74, 6) is 0. The van der Waals surface area contributed by atoms with Crippen molar-refractivity contribution in [2.75, 3.05) is 10.6 Å². The van der Waals surface area contributed by atoms with E-state index in [4.69, 9.17) is 0 Å². The smallest absolute Gasteiger partial charge is 0.323 e. The number of carbonyl (C=O) groups is 1. The van der Waals surface area contributed by atoms with Gasteiger partial charge < -0.3 is 15.6 Å². The van der Waals surface area contributed by atoms with Gasteiger partial charge in [0.05, 0.1) is 5.69 Å². The molecule has 0 fully saturated rings. The van der Waals surface area contributed by atoms with E-state index in [-0.39, 0.29) is 6.03 Å². The zero-order valence-electron chi connectivity index (χ0n) is 12.3. The van der Waals surface area contributed by atoms with E-state index < -0.39 is 0 Å². The van der Waals surface area contributed by atoms with Crippen LogP contribution in [0.2, 0.25) is 0 Å². The molecule has 0 spiro atoms. The zero-order valence-corrected chi connectivity index (χ0v) is 12.3. The Bertz CT molecular complexity index is 1000. The highest BCUT2D eigenvalue weighted by molar-refractivity contribution is 6.06. The summed E-state index contributed by atoms with van der Waals surface area (Å²) in [5.41, 5.74) is 2.54. The largest absolute Gasteiger partial charge is 0.361 e. The number of benzene rings is 3. The van der Waals surface area contributed by atoms with Crippen LogP contribution in [0, 0.1) is 0 Å². The van der Waals surface area contributed by atoms with Crippen molar-refractivity contribution in [2.24, 2.45) is 0 Å². The molecular weight excluding hydrogens is 286 g/mol. The van der Waals surface area contributed by atoms with E-state index in [0.717, 1.165) is 33.1 Å². The van der Waals surface area contributed by atoms with Crippen LogP contribution >= 0.6 is 0 Å². The van der Waals surface area contributed by atoms with E-state index in [1.807, 2.05) is 72.9 Å². The maximum atomic E-state index is 12.3. The SMILES string of the molecule is O=C(Nc1ccc2ccccc2c1)Nc1cccc2[nH]ccc12. The van der Waals surface area contributed by atoms with Crippen molar-refractivity contribution >= 4 is 39.1 Å². The Labute approximate surface area is 133 Å². The highest BCUT2D eigenvalue weighted by atomic mass is 16.2. The third kappa shape index (κ3) is 2.62. The number of urea groups is 1. The predicted octanol–water partition coefficient (Wildman–Crippen LogP) is 4.97. The first kappa shape index (κ1) is 13.4. The molecule has 0 aliphatic rings. The predicted molar refractivity (Wildman–Crippen MR) is 94.9 cm³/mol. The summed E-state index contributed by atoms with van der Waals surface area (Å²) < 4.78 is 0. The summed E-state index contributed by atoms with van der Waals surface area (Å²) in [6, 6.07) is 21.4. The van der Waals surface area contributed by atoms with Crippen LogP contribution < -0.4 is 10.6 Å². The Morgan fingerprint density at radius 2 is 1.70 bits per heavy atom. The number of rotatable bonds is 2. The van der Waals surface area contributed by atoms with Crippen molar-refractivity contribution in [3.8, 4) is 0 Å². The quantitative estimate of drug-likeness (QED) is 0.481. The number of hydrogen-bond donors (Lipinski definition) is 3. The normalized spacial score (nSPS) is 10.8. The van der Waals surface area contributed by atoms with Gasteiger partial charge in [0.25, 0.3) is 0 Å². The molecule has 0 radical (unpaired) electrons. The van der Waals surface area contributed by atoms with E-state index in [1.54, 1.807) is 0 Å². The topological polar surface area (TPSA) is 56.9 Å². The molecule has 0 bridgehead atoms. The van der Waals surface area contributed by atoms with Crippen LogP contribution in [-0.4, -0.2) is 11.0 Å². The van der Waals surface area contributed by atoms with Crippen LogP contribution in [0.25, 0.3) is 21.7 Å². The van der Waals surface area contributed by atoms with E-state index in [0.29, 0.717) is 0 Å². The van der Waals surface area contributed by atoms with Crippen molar-refractivity contribution in [3.05, 3.63) is 72.9 Å². The van der Waals surface area contributed by atoms with Gasteiger partial charge in [0.1, 0.15) is 0 Å². The molecule has 4 nitrogen and oxygen atoms in total. The van der Waals surface area contributed by atoms with Gasteiger partial charge in [-0.25, -0.2) is 4.79 Å². The number of nitrogens with one attached hydrogen (secondary N) is 3. The Hall–Kier alpha value is -3.27. The second-order valence-corrected chi connectivity index (χ2v) is 5.39. The lowest BCUT2D eigenvalue weighted by Crippen LogP contribution is -2.19. The maximum Gasteiger partial charge on any atom is 0.323 e. The Kier molecular flexibility index (Phi) is 3.20. The van der Waals surface area contributed by atoms with Crippen molar-refractivity contribution in [2.45, 2.75) is 0 Å². The number of anilines is 2. The molecule has 0 aliphatic carbocycles. The molecule has 4 heteroatoms. The first-order chi connectivity index (χ1) is 11.3. The molecule has 0 aliphatic heterocycles. The molecule has 4 rings (SSSR count). The highest BCUT2D eigenvalue weighted by Crippen LogP contribution is 2.23. The fraction of sp³-hybridized carbons (Fsp3) is 0. The second-order valence-electron chi connectivity index (χ2n) is 5.39. The molecule has 3 N–H and O–H groups in total. The average Bonchev–Trinajstić information content (AvgIpc) is 3.04. The maximum absolute atomic E-state index is 12.3. The highest BCUT2D eigenvalue weighted by Gasteiger charge is 2.06. The van der Waals surface area contributed by atoms with Gasteiger partial charge >= 0.3 is 6.03 Å². The summed E-state index contributed by atoms with van der Waals surface area (Å²) in [6.45, 7) is 0. The van der Waals surface area contributed by atoms with Crippen LogP contribution in [0.3, 0.4) is 0 Å². The summed E-state index contributed by atoms with van der Waals surface area (Å²) in [4.78, 5) is 15.4. The van der Waals surface area contributed by atoms with Crippen LogP contribution in [0.15, 0.2) is 72.9 Å². The lowest BCUT2D eigenvalue weighted by Gasteiger charge is -2.09. The van der Waals surface area contributed by atoms with Crippen molar-refractivity contribution < 1.29 is 4.79 Å². The molecule has 0 saturated carbocycles. The number of aromatic amines is 1. The van der Waals surface area contributed by atoms with E-state index in [1.165, 1.54) is 0 Å². The number of fused-ring (bicyclic) bond motifs is 2. The summed E-state index contributed by atoms with van der Waals surface area (Å²) in [5, 5.41) is 9.01. The van der Waals surface area contributed by atoms with Gasteiger partial charge in [-0.15, -0.1) is 0 Å². The molecule has 0 unspecified atom stereocenters. The monoisotopic (exact) mass is 301 g/mol. The molecule has 4 aromatic rings. The molecule has 0 atom stereocenters. The molecule has 23 heavy (non-hydrogen) atoms. The molecule has 1 aromatic heterocycles. The molecule has 3 aromatic carbocycles. The molecular formula is C19H15N3O. The summed E-state index contributed by atoms with van der Waals surface area (Å²) in [6.07, 6.45) is 1.86. The Morgan fingerprint density at radius 3 is 2.61 bits per heavy atom. The molecule has 0 saturated heterocycles.